The summed E-state index contributed by atoms with van der Waals surface area (Å²) >= 11 is 12.0. The van der Waals surface area contributed by atoms with Gasteiger partial charge in [-0.3, -0.25) is 4.79 Å². The molecule has 1 aromatic heterocycles. The molecule has 0 saturated heterocycles. The number of ether oxygens (including phenoxy) is 1. The van der Waals surface area contributed by atoms with E-state index in [-0.39, 0.29) is 45.5 Å². The summed E-state index contributed by atoms with van der Waals surface area (Å²) in [5.74, 6) is -3.91. The fourth-order valence-corrected chi connectivity index (χ4v) is 4.40. The number of halogens is 2. The lowest BCUT2D eigenvalue weighted by molar-refractivity contribution is 0.0681. The van der Waals surface area contributed by atoms with Gasteiger partial charge in [0.2, 0.25) is 5.91 Å². The first-order valence-corrected chi connectivity index (χ1v) is 12.0. The highest BCUT2D eigenvalue weighted by molar-refractivity contribution is 6.42. The molecular formula is C26H26Cl2N2O6. The number of hydrogen-bond donors (Lipinski definition) is 3. The number of amides is 1. The lowest BCUT2D eigenvalue weighted by Gasteiger charge is -2.13. The van der Waals surface area contributed by atoms with Crippen molar-refractivity contribution in [2.24, 2.45) is 12.8 Å². The van der Waals surface area contributed by atoms with Gasteiger partial charge in [-0.25, -0.2) is 9.59 Å². The summed E-state index contributed by atoms with van der Waals surface area (Å²) in [6.45, 7) is 1.91. The summed E-state index contributed by atoms with van der Waals surface area (Å²) in [5.41, 5.74) is 6.57. The van der Waals surface area contributed by atoms with Crippen molar-refractivity contribution in [3.8, 4) is 17.0 Å². The molecule has 190 valence electrons. The number of carboxylic acids is 2. The molecule has 0 aliphatic carbocycles. The predicted molar refractivity (Wildman–Crippen MR) is 137 cm³/mol. The number of carboxylic acid groups (broad SMARTS) is 2. The van der Waals surface area contributed by atoms with E-state index in [2.05, 4.69) is 6.92 Å². The number of primary amides is 1. The van der Waals surface area contributed by atoms with Crippen LogP contribution in [0, 0.1) is 0 Å². The van der Waals surface area contributed by atoms with Gasteiger partial charge in [-0.1, -0.05) is 55.1 Å². The lowest BCUT2D eigenvalue weighted by Crippen LogP contribution is -2.14. The zero-order valence-electron chi connectivity index (χ0n) is 19.8. The maximum Gasteiger partial charge on any atom is 0.356 e. The monoisotopic (exact) mass is 532 g/mol. The van der Waals surface area contributed by atoms with E-state index in [1.54, 1.807) is 30.3 Å². The molecule has 1 amide bonds. The summed E-state index contributed by atoms with van der Waals surface area (Å²) < 4.78 is 6.97. The van der Waals surface area contributed by atoms with Gasteiger partial charge in [0, 0.05) is 18.2 Å². The SMILES string of the molecule is CCCCCc1ccc(C(N)=O)c(-c2c(C(=O)O)c(OCc3ccc(Cl)c(Cl)c3)c(C(=O)O)n2C)c1. The van der Waals surface area contributed by atoms with E-state index in [0.717, 1.165) is 24.8 Å². The molecule has 8 nitrogen and oxygen atoms in total. The summed E-state index contributed by atoms with van der Waals surface area (Å²) in [6.07, 6.45) is 3.64. The van der Waals surface area contributed by atoms with Crippen molar-refractivity contribution in [2.45, 2.75) is 39.2 Å². The Morgan fingerprint density at radius 2 is 1.67 bits per heavy atom. The van der Waals surface area contributed by atoms with Crippen molar-refractivity contribution in [3.05, 3.63) is 74.4 Å². The van der Waals surface area contributed by atoms with Crippen LogP contribution in [-0.2, 0) is 20.1 Å². The molecule has 0 atom stereocenters. The molecule has 1 heterocycles. The van der Waals surface area contributed by atoms with Gasteiger partial charge < -0.3 is 25.3 Å². The van der Waals surface area contributed by atoms with E-state index >= 15 is 0 Å². The van der Waals surface area contributed by atoms with Crippen LogP contribution in [0.5, 0.6) is 5.75 Å². The molecular weight excluding hydrogens is 507 g/mol. The van der Waals surface area contributed by atoms with Crippen LogP contribution in [0.25, 0.3) is 11.3 Å². The zero-order chi connectivity index (χ0) is 26.6. The molecule has 3 rings (SSSR count). The molecule has 3 aromatic rings. The fraction of sp³-hybridized carbons (Fsp3) is 0.269. The van der Waals surface area contributed by atoms with Gasteiger partial charge in [-0.2, -0.15) is 0 Å². The Bertz CT molecular complexity index is 1330. The molecule has 2 aromatic carbocycles. The summed E-state index contributed by atoms with van der Waals surface area (Å²) in [5, 5.41) is 20.7. The van der Waals surface area contributed by atoms with Gasteiger partial charge in [-0.05, 0) is 48.2 Å². The normalized spacial score (nSPS) is 10.9. The number of aryl methyl sites for hydroxylation is 1. The second-order valence-corrected chi connectivity index (χ2v) is 9.12. The molecule has 0 unspecified atom stereocenters. The average Bonchev–Trinajstić information content (AvgIpc) is 3.12. The molecule has 0 saturated carbocycles. The minimum absolute atomic E-state index is 0.00943. The maximum atomic E-state index is 12.5. The number of rotatable bonds is 11. The van der Waals surface area contributed by atoms with Gasteiger partial charge in [0.25, 0.3) is 0 Å². The van der Waals surface area contributed by atoms with Crippen LogP contribution in [0.4, 0.5) is 0 Å². The van der Waals surface area contributed by atoms with E-state index in [1.807, 2.05) is 0 Å². The Morgan fingerprint density at radius 1 is 0.972 bits per heavy atom. The predicted octanol–water partition coefficient (Wildman–Crippen LogP) is 5.81. The largest absolute Gasteiger partial charge is 0.485 e. The Kier molecular flexibility index (Phi) is 8.66. The number of hydrogen-bond acceptors (Lipinski definition) is 4. The van der Waals surface area contributed by atoms with Crippen LogP contribution in [0.3, 0.4) is 0 Å². The first-order chi connectivity index (χ1) is 17.1. The third-order valence-corrected chi connectivity index (χ3v) is 6.55. The van der Waals surface area contributed by atoms with E-state index in [9.17, 15) is 24.6 Å². The topological polar surface area (TPSA) is 132 Å². The molecule has 0 radical (unpaired) electrons. The minimum atomic E-state index is -1.41. The van der Waals surface area contributed by atoms with Gasteiger partial charge in [0.15, 0.2) is 11.4 Å². The molecule has 4 N–H and O–H groups in total. The number of benzene rings is 2. The van der Waals surface area contributed by atoms with E-state index in [0.29, 0.717) is 17.0 Å². The van der Waals surface area contributed by atoms with Crippen molar-refractivity contribution in [3.63, 3.8) is 0 Å². The molecule has 0 spiro atoms. The Labute approximate surface area is 218 Å². The van der Waals surface area contributed by atoms with Crippen LogP contribution >= 0.6 is 23.2 Å². The Balaban J connectivity index is 2.20. The van der Waals surface area contributed by atoms with Crippen LogP contribution in [0.15, 0.2) is 36.4 Å². The zero-order valence-corrected chi connectivity index (χ0v) is 21.3. The van der Waals surface area contributed by atoms with Crippen LogP contribution in [-0.4, -0.2) is 32.6 Å². The first kappa shape index (κ1) is 27.1. The Hall–Kier alpha value is -3.49. The number of unbranched alkanes of at least 4 members (excludes halogenated alkanes) is 2. The summed E-state index contributed by atoms with van der Waals surface area (Å²) in [7, 11) is 1.41. The number of nitrogens with two attached hydrogens (primary N) is 1. The van der Waals surface area contributed by atoms with Gasteiger partial charge >= 0.3 is 11.9 Å². The number of carbonyl (C=O) groups excluding carboxylic acids is 1. The molecule has 10 heteroatoms. The van der Waals surface area contributed by atoms with E-state index in [1.165, 1.54) is 17.7 Å². The molecule has 0 bridgehead atoms. The fourth-order valence-electron chi connectivity index (χ4n) is 4.07. The van der Waals surface area contributed by atoms with Gasteiger partial charge in [-0.15, -0.1) is 0 Å². The van der Waals surface area contributed by atoms with Crippen LogP contribution in [0.1, 0.15) is 68.5 Å². The molecule has 0 fully saturated rings. The maximum absolute atomic E-state index is 12.5. The van der Waals surface area contributed by atoms with Crippen molar-refractivity contribution >= 4 is 41.0 Å². The van der Waals surface area contributed by atoms with Gasteiger partial charge in [0.05, 0.1) is 15.7 Å². The molecule has 36 heavy (non-hydrogen) atoms. The second-order valence-electron chi connectivity index (χ2n) is 8.31. The van der Waals surface area contributed by atoms with Crippen molar-refractivity contribution in [2.75, 3.05) is 0 Å². The number of aromatic nitrogens is 1. The Morgan fingerprint density at radius 3 is 2.25 bits per heavy atom. The minimum Gasteiger partial charge on any atom is -0.485 e. The summed E-state index contributed by atoms with van der Waals surface area (Å²) in [6, 6.07) is 9.71. The number of carbonyl (C=O) groups is 3. The standard InChI is InChI=1S/C26H26Cl2N2O6/c1-3-4-5-6-14-7-9-16(24(29)31)17(11-14)21-20(25(32)33)23(22(26(34)35)30(21)2)36-13-15-8-10-18(27)19(28)12-15/h7-12H,3-6,13H2,1-2H3,(H2,29,31)(H,32,33)(H,34,35). The lowest BCUT2D eigenvalue weighted by atomic mass is 9.96. The summed E-state index contributed by atoms with van der Waals surface area (Å²) in [4.78, 5) is 36.9. The highest BCUT2D eigenvalue weighted by Crippen LogP contribution is 2.39. The highest BCUT2D eigenvalue weighted by atomic mass is 35.5. The molecule has 0 aliphatic rings. The number of aromatic carboxylic acids is 2. The van der Waals surface area contributed by atoms with E-state index in [4.69, 9.17) is 33.7 Å². The average molecular weight is 533 g/mol. The highest BCUT2D eigenvalue weighted by Gasteiger charge is 2.33. The molecule has 0 aliphatic heterocycles. The number of nitrogens with zero attached hydrogens (tertiary/aromatic N) is 1. The van der Waals surface area contributed by atoms with Crippen molar-refractivity contribution in [1.82, 2.24) is 4.57 Å². The third-order valence-electron chi connectivity index (χ3n) is 5.81. The second kappa shape index (κ2) is 11.5. The van der Waals surface area contributed by atoms with Crippen molar-refractivity contribution < 1.29 is 29.3 Å². The third kappa shape index (κ3) is 5.66. The van der Waals surface area contributed by atoms with Gasteiger partial charge in [0.1, 0.15) is 12.2 Å². The van der Waals surface area contributed by atoms with Crippen LogP contribution in [0.2, 0.25) is 10.0 Å². The quantitative estimate of drug-likeness (QED) is 0.267. The first-order valence-electron chi connectivity index (χ1n) is 11.3. The van der Waals surface area contributed by atoms with Crippen molar-refractivity contribution in [1.29, 1.82) is 0 Å². The smallest absolute Gasteiger partial charge is 0.356 e. The van der Waals surface area contributed by atoms with Crippen LogP contribution < -0.4 is 10.5 Å². The van der Waals surface area contributed by atoms with E-state index < -0.39 is 17.8 Å².